The van der Waals surface area contributed by atoms with Crippen LogP contribution in [0.1, 0.15) is 26.2 Å². The Kier molecular flexibility index (Phi) is 4.81. The van der Waals surface area contributed by atoms with E-state index in [1.807, 2.05) is 31.2 Å². The maximum absolute atomic E-state index is 12.5. The van der Waals surface area contributed by atoms with Crippen LogP contribution >= 0.6 is 0 Å². The van der Waals surface area contributed by atoms with Crippen LogP contribution < -0.4 is 11.0 Å². The van der Waals surface area contributed by atoms with Gasteiger partial charge in [0.05, 0.1) is 17.1 Å². The van der Waals surface area contributed by atoms with Crippen molar-refractivity contribution in [1.82, 2.24) is 14.5 Å². The number of amides is 1. The molecular weight excluding hydrogens is 294 g/mol. The van der Waals surface area contributed by atoms with E-state index in [9.17, 15) is 9.59 Å². The van der Waals surface area contributed by atoms with Gasteiger partial charge in [-0.05, 0) is 31.9 Å². The van der Waals surface area contributed by atoms with E-state index >= 15 is 0 Å². The van der Waals surface area contributed by atoms with Crippen molar-refractivity contribution in [3.63, 3.8) is 0 Å². The molecule has 6 nitrogen and oxygen atoms in total. The van der Waals surface area contributed by atoms with Crippen LogP contribution in [0.25, 0.3) is 11.0 Å². The molecule has 1 unspecified atom stereocenters. The minimum absolute atomic E-state index is 0.0410. The molecule has 1 amide bonds. The van der Waals surface area contributed by atoms with Crippen molar-refractivity contribution < 1.29 is 9.53 Å². The second kappa shape index (κ2) is 7.00. The van der Waals surface area contributed by atoms with Crippen molar-refractivity contribution in [3.05, 3.63) is 34.7 Å². The van der Waals surface area contributed by atoms with Crippen molar-refractivity contribution >= 4 is 16.9 Å². The number of aryl methyl sites for hydroxylation is 2. The van der Waals surface area contributed by atoms with Gasteiger partial charge in [0.25, 0.3) is 0 Å². The minimum Gasteiger partial charge on any atom is -0.376 e. The molecule has 1 aromatic heterocycles. The number of imidazole rings is 1. The number of para-hydroxylation sites is 2. The van der Waals surface area contributed by atoms with Crippen molar-refractivity contribution in [2.45, 2.75) is 45.4 Å². The highest BCUT2D eigenvalue weighted by atomic mass is 16.5. The van der Waals surface area contributed by atoms with Gasteiger partial charge in [-0.3, -0.25) is 13.9 Å². The fraction of sp³-hybridized carbons (Fsp3) is 0.529. The molecule has 0 aliphatic carbocycles. The van der Waals surface area contributed by atoms with Gasteiger partial charge in [0.1, 0.15) is 0 Å². The largest absolute Gasteiger partial charge is 0.376 e. The standard InChI is InChI=1S/C17H23N3O3/c1-2-19-14-7-3-4-8-15(14)20(17(19)22)10-9-16(21)18-12-13-6-5-11-23-13/h3-4,7-8,13H,2,5-6,9-12H2,1H3,(H,18,21). The highest BCUT2D eigenvalue weighted by Crippen LogP contribution is 2.13. The zero-order chi connectivity index (χ0) is 16.2. The van der Waals surface area contributed by atoms with Gasteiger partial charge in [0.2, 0.25) is 5.91 Å². The summed E-state index contributed by atoms with van der Waals surface area (Å²) >= 11 is 0. The van der Waals surface area contributed by atoms with E-state index in [-0.39, 0.29) is 17.7 Å². The second-order valence-electron chi connectivity index (χ2n) is 5.86. The van der Waals surface area contributed by atoms with Gasteiger partial charge in [-0.15, -0.1) is 0 Å². The third-order valence-corrected chi connectivity index (χ3v) is 4.35. The lowest BCUT2D eigenvalue weighted by Gasteiger charge is -2.10. The molecule has 1 aliphatic rings. The first-order chi connectivity index (χ1) is 11.2. The van der Waals surface area contributed by atoms with Gasteiger partial charge in [0.15, 0.2) is 0 Å². The van der Waals surface area contributed by atoms with Crippen LogP contribution in [0.15, 0.2) is 29.1 Å². The average molecular weight is 317 g/mol. The lowest BCUT2D eigenvalue weighted by Crippen LogP contribution is -2.33. The lowest BCUT2D eigenvalue weighted by molar-refractivity contribution is -0.121. The quantitative estimate of drug-likeness (QED) is 0.878. The average Bonchev–Trinajstić information content (AvgIpc) is 3.17. The SMILES string of the molecule is CCn1c(=O)n(CCC(=O)NCC2CCCO2)c2ccccc21. The van der Waals surface area contributed by atoms with Crippen LogP contribution in [0.5, 0.6) is 0 Å². The van der Waals surface area contributed by atoms with Gasteiger partial charge in [-0.1, -0.05) is 12.1 Å². The summed E-state index contributed by atoms with van der Waals surface area (Å²) in [6, 6.07) is 7.70. The van der Waals surface area contributed by atoms with Crippen molar-refractivity contribution in [1.29, 1.82) is 0 Å². The summed E-state index contributed by atoms with van der Waals surface area (Å²) in [5.41, 5.74) is 1.74. The summed E-state index contributed by atoms with van der Waals surface area (Å²) in [5, 5.41) is 2.90. The maximum atomic E-state index is 12.5. The summed E-state index contributed by atoms with van der Waals surface area (Å²) in [7, 11) is 0. The fourth-order valence-electron chi connectivity index (χ4n) is 3.13. The van der Waals surface area contributed by atoms with Crippen molar-refractivity contribution in [3.8, 4) is 0 Å². The Balaban J connectivity index is 1.66. The molecule has 1 fully saturated rings. The number of hydrogen-bond donors (Lipinski definition) is 1. The predicted octanol–water partition coefficient (Wildman–Crippen LogP) is 1.51. The normalized spacial score (nSPS) is 17.7. The Morgan fingerprint density at radius 1 is 1.30 bits per heavy atom. The highest BCUT2D eigenvalue weighted by molar-refractivity contribution is 5.78. The second-order valence-corrected chi connectivity index (χ2v) is 5.86. The zero-order valence-corrected chi connectivity index (χ0v) is 13.5. The molecular formula is C17H23N3O3. The molecule has 0 radical (unpaired) electrons. The van der Waals surface area contributed by atoms with Crippen LogP contribution in [0, 0.1) is 0 Å². The van der Waals surface area contributed by atoms with E-state index in [1.54, 1.807) is 9.13 Å². The summed E-state index contributed by atoms with van der Waals surface area (Å²) in [6.07, 6.45) is 2.50. The molecule has 1 atom stereocenters. The first kappa shape index (κ1) is 15.8. The van der Waals surface area contributed by atoms with Crippen LogP contribution in [0.2, 0.25) is 0 Å². The Labute approximate surface area is 135 Å². The molecule has 0 spiro atoms. The fourth-order valence-corrected chi connectivity index (χ4v) is 3.13. The van der Waals surface area contributed by atoms with E-state index in [1.165, 1.54) is 0 Å². The van der Waals surface area contributed by atoms with Gasteiger partial charge < -0.3 is 10.1 Å². The monoisotopic (exact) mass is 317 g/mol. The minimum atomic E-state index is -0.0550. The molecule has 2 aromatic rings. The number of rotatable bonds is 6. The third kappa shape index (κ3) is 3.32. The van der Waals surface area contributed by atoms with Crippen molar-refractivity contribution in [2.24, 2.45) is 0 Å². The number of nitrogens with zero attached hydrogens (tertiary/aromatic N) is 2. The molecule has 1 N–H and O–H groups in total. The zero-order valence-electron chi connectivity index (χ0n) is 13.5. The number of aromatic nitrogens is 2. The number of fused-ring (bicyclic) bond motifs is 1. The summed E-state index contributed by atoms with van der Waals surface area (Å²) in [5.74, 6) is -0.0410. The van der Waals surface area contributed by atoms with Gasteiger partial charge in [0, 0.05) is 32.7 Å². The van der Waals surface area contributed by atoms with Crippen LogP contribution in [-0.2, 0) is 22.6 Å². The Morgan fingerprint density at radius 3 is 2.70 bits per heavy atom. The van der Waals surface area contributed by atoms with Gasteiger partial charge in [-0.2, -0.15) is 0 Å². The summed E-state index contributed by atoms with van der Waals surface area (Å²) in [6.45, 7) is 4.31. The molecule has 23 heavy (non-hydrogen) atoms. The highest BCUT2D eigenvalue weighted by Gasteiger charge is 2.17. The van der Waals surface area contributed by atoms with E-state index in [0.29, 0.717) is 26.1 Å². The van der Waals surface area contributed by atoms with Gasteiger partial charge >= 0.3 is 5.69 Å². The van der Waals surface area contributed by atoms with Crippen LogP contribution in [-0.4, -0.2) is 34.3 Å². The maximum Gasteiger partial charge on any atom is 0.329 e. The summed E-state index contributed by atoms with van der Waals surface area (Å²) < 4.78 is 8.91. The van der Waals surface area contributed by atoms with Crippen molar-refractivity contribution in [2.75, 3.05) is 13.2 Å². The number of benzene rings is 1. The molecule has 3 rings (SSSR count). The topological polar surface area (TPSA) is 65.3 Å². The lowest BCUT2D eigenvalue weighted by atomic mass is 10.2. The Morgan fingerprint density at radius 2 is 2.04 bits per heavy atom. The smallest absolute Gasteiger partial charge is 0.329 e. The van der Waals surface area contributed by atoms with E-state index < -0.39 is 0 Å². The number of carbonyl (C=O) groups excluding carboxylic acids is 1. The molecule has 1 aromatic carbocycles. The summed E-state index contributed by atoms with van der Waals surface area (Å²) in [4.78, 5) is 24.5. The molecule has 2 heterocycles. The first-order valence-corrected chi connectivity index (χ1v) is 8.27. The number of ether oxygens (including phenoxy) is 1. The first-order valence-electron chi connectivity index (χ1n) is 8.27. The van der Waals surface area contributed by atoms with E-state index in [4.69, 9.17) is 4.74 Å². The number of hydrogen-bond acceptors (Lipinski definition) is 3. The Bertz CT molecular complexity index is 741. The molecule has 1 saturated heterocycles. The van der Waals surface area contributed by atoms with E-state index in [2.05, 4.69) is 5.32 Å². The molecule has 0 bridgehead atoms. The number of nitrogens with one attached hydrogen (secondary N) is 1. The third-order valence-electron chi connectivity index (χ3n) is 4.35. The number of carbonyl (C=O) groups is 1. The molecule has 124 valence electrons. The molecule has 1 aliphatic heterocycles. The molecule has 0 saturated carbocycles. The molecule has 6 heteroatoms. The van der Waals surface area contributed by atoms with Crippen LogP contribution in [0.4, 0.5) is 0 Å². The Hall–Kier alpha value is -2.08. The van der Waals surface area contributed by atoms with E-state index in [0.717, 1.165) is 30.5 Å². The predicted molar refractivity (Wildman–Crippen MR) is 88.5 cm³/mol. The van der Waals surface area contributed by atoms with Crippen LogP contribution in [0.3, 0.4) is 0 Å². The van der Waals surface area contributed by atoms with Gasteiger partial charge in [-0.25, -0.2) is 4.79 Å².